The lowest BCUT2D eigenvalue weighted by Crippen LogP contribution is -2.30. The minimum atomic E-state index is -0.0710. The molecule has 4 aromatic rings. The third-order valence-electron chi connectivity index (χ3n) is 4.22. The van der Waals surface area contributed by atoms with Gasteiger partial charge < -0.3 is 9.64 Å². The van der Waals surface area contributed by atoms with Crippen molar-refractivity contribution in [1.82, 2.24) is 9.88 Å². The third-order valence-corrected chi connectivity index (χ3v) is 6.97. The summed E-state index contributed by atoms with van der Waals surface area (Å²) in [6.07, 6.45) is 0. The maximum Gasteiger partial charge on any atom is 0.273 e. The fourth-order valence-electron chi connectivity index (χ4n) is 2.88. The van der Waals surface area contributed by atoms with E-state index in [2.05, 4.69) is 4.98 Å². The molecule has 0 saturated heterocycles. The van der Waals surface area contributed by atoms with Gasteiger partial charge in [0.15, 0.2) is 0 Å². The number of benzene rings is 1. The molecule has 0 fully saturated rings. The van der Waals surface area contributed by atoms with E-state index in [1.165, 1.54) is 11.3 Å². The van der Waals surface area contributed by atoms with Crippen LogP contribution in [0.15, 0.2) is 64.7 Å². The predicted octanol–water partition coefficient (Wildman–Crippen LogP) is 5.78. The summed E-state index contributed by atoms with van der Waals surface area (Å²) in [5.41, 5.74) is 1.46. The second-order valence-electron chi connectivity index (χ2n) is 6.07. The van der Waals surface area contributed by atoms with E-state index in [9.17, 15) is 4.79 Å². The van der Waals surface area contributed by atoms with Crippen molar-refractivity contribution in [3.63, 3.8) is 0 Å². The molecule has 3 heterocycles. The molecule has 7 heteroatoms. The number of hydrogen-bond donors (Lipinski definition) is 0. The van der Waals surface area contributed by atoms with Crippen molar-refractivity contribution < 1.29 is 9.53 Å². The van der Waals surface area contributed by atoms with Gasteiger partial charge in [-0.25, -0.2) is 4.98 Å². The summed E-state index contributed by atoms with van der Waals surface area (Å²) >= 11 is 4.78. The molecule has 4 rings (SSSR count). The molecule has 0 N–H and O–H groups in total. The summed E-state index contributed by atoms with van der Waals surface area (Å²) in [4.78, 5) is 21.9. The Hall–Kier alpha value is -2.48. The number of para-hydroxylation sites is 1. The number of carbonyl (C=O) groups is 1. The lowest BCUT2D eigenvalue weighted by atomic mass is 10.1. The average Bonchev–Trinajstić information content (AvgIpc) is 3.49. The summed E-state index contributed by atoms with van der Waals surface area (Å²) in [7, 11) is 1.65. The van der Waals surface area contributed by atoms with E-state index in [0.29, 0.717) is 18.8 Å². The topological polar surface area (TPSA) is 42.4 Å². The van der Waals surface area contributed by atoms with E-state index in [1.807, 2.05) is 69.6 Å². The summed E-state index contributed by atoms with van der Waals surface area (Å²) in [6.45, 7) is 1.01. The molecular formula is C21H18N2O2S3. The fourth-order valence-corrected chi connectivity index (χ4v) is 5.20. The Morgan fingerprint density at radius 1 is 1.00 bits per heavy atom. The number of ether oxygens (including phenoxy) is 1. The molecule has 142 valence electrons. The number of methoxy groups -OCH3 is 1. The SMILES string of the molecule is COc1ccccc1CN(Cc1cccs1)C(=O)c1csc(-c2cccs2)n1. The average molecular weight is 427 g/mol. The molecule has 0 aliphatic carbocycles. The Bertz CT molecular complexity index is 1040. The van der Waals surface area contributed by atoms with Gasteiger partial charge >= 0.3 is 0 Å². The Morgan fingerprint density at radius 3 is 2.57 bits per heavy atom. The van der Waals surface area contributed by atoms with Crippen molar-refractivity contribution in [2.45, 2.75) is 13.1 Å². The van der Waals surface area contributed by atoms with Gasteiger partial charge in [-0.3, -0.25) is 4.79 Å². The Morgan fingerprint density at radius 2 is 1.82 bits per heavy atom. The number of rotatable bonds is 7. The summed E-state index contributed by atoms with van der Waals surface area (Å²) in [5, 5.41) is 6.77. The summed E-state index contributed by atoms with van der Waals surface area (Å²) in [5.74, 6) is 0.711. The highest BCUT2D eigenvalue weighted by Crippen LogP contribution is 2.29. The second-order valence-corrected chi connectivity index (χ2v) is 8.91. The molecule has 28 heavy (non-hydrogen) atoms. The van der Waals surface area contributed by atoms with E-state index in [0.717, 1.165) is 26.1 Å². The maximum absolute atomic E-state index is 13.3. The van der Waals surface area contributed by atoms with Crippen LogP contribution in [0.1, 0.15) is 20.9 Å². The minimum Gasteiger partial charge on any atom is -0.496 e. The molecule has 4 nitrogen and oxygen atoms in total. The molecule has 0 aliphatic heterocycles. The zero-order valence-electron chi connectivity index (χ0n) is 15.2. The molecule has 0 saturated carbocycles. The summed E-state index contributed by atoms with van der Waals surface area (Å²) < 4.78 is 5.47. The quantitative estimate of drug-likeness (QED) is 0.376. The first kappa shape index (κ1) is 18.9. The van der Waals surface area contributed by atoms with Gasteiger partial charge in [0.1, 0.15) is 16.5 Å². The maximum atomic E-state index is 13.3. The smallest absolute Gasteiger partial charge is 0.273 e. The zero-order chi connectivity index (χ0) is 19.3. The molecule has 0 atom stereocenters. The Balaban J connectivity index is 1.62. The molecule has 1 amide bonds. The number of amides is 1. The summed E-state index contributed by atoms with van der Waals surface area (Å²) in [6, 6.07) is 15.9. The van der Waals surface area contributed by atoms with Crippen molar-refractivity contribution in [3.05, 3.63) is 80.8 Å². The number of thiophene rings is 2. The molecule has 0 unspecified atom stereocenters. The van der Waals surface area contributed by atoms with Crippen LogP contribution in [-0.2, 0) is 13.1 Å². The van der Waals surface area contributed by atoms with Crippen LogP contribution in [-0.4, -0.2) is 22.9 Å². The van der Waals surface area contributed by atoms with E-state index >= 15 is 0 Å². The molecule has 0 bridgehead atoms. The number of hydrogen-bond acceptors (Lipinski definition) is 6. The first-order valence-corrected chi connectivity index (χ1v) is 11.3. The van der Waals surface area contributed by atoms with Crippen LogP contribution in [0.4, 0.5) is 0 Å². The fraction of sp³-hybridized carbons (Fsp3) is 0.143. The van der Waals surface area contributed by atoms with Gasteiger partial charge in [-0.2, -0.15) is 0 Å². The highest BCUT2D eigenvalue weighted by molar-refractivity contribution is 7.20. The normalized spacial score (nSPS) is 10.8. The van der Waals surface area contributed by atoms with Gasteiger partial charge in [0, 0.05) is 15.8 Å². The van der Waals surface area contributed by atoms with Gasteiger partial charge in [-0.1, -0.05) is 30.3 Å². The van der Waals surface area contributed by atoms with E-state index in [1.54, 1.807) is 29.8 Å². The van der Waals surface area contributed by atoms with Crippen LogP contribution in [0, 0.1) is 0 Å². The first-order valence-electron chi connectivity index (χ1n) is 8.67. The van der Waals surface area contributed by atoms with Crippen LogP contribution in [0.3, 0.4) is 0 Å². The number of thiazole rings is 1. The highest BCUT2D eigenvalue weighted by atomic mass is 32.1. The van der Waals surface area contributed by atoms with E-state index in [-0.39, 0.29) is 5.91 Å². The van der Waals surface area contributed by atoms with Crippen molar-refractivity contribution >= 4 is 39.9 Å². The number of aromatic nitrogens is 1. The van der Waals surface area contributed by atoms with Crippen molar-refractivity contribution in [2.75, 3.05) is 7.11 Å². The lowest BCUT2D eigenvalue weighted by Gasteiger charge is -2.22. The monoisotopic (exact) mass is 426 g/mol. The van der Waals surface area contributed by atoms with Gasteiger partial charge in [-0.15, -0.1) is 34.0 Å². The Kier molecular flexibility index (Phi) is 5.85. The van der Waals surface area contributed by atoms with Crippen molar-refractivity contribution in [2.24, 2.45) is 0 Å². The standard InChI is InChI=1S/C21H18N2O2S3/c1-25-18-8-3-2-6-15(18)12-23(13-16-7-4-10-26-16)21(24)17-14-28-20(22-17)19-9-5-11-27-19/h2-11,14H,12-13H2,1H3. The van der Waals surface area contributed by atoms with Gasteiger partial charge in [0.25, 0.3) is 5.91 Å². The molecule has 1 aromatic carbocycles. The minimum absolute atomic E-state index is 0.0710. The van der Waals surface area contributed by atoms with Gasteiger partial charge in [0.2, 0.25) is 0 Å². The number of nitrogens with zero attached hydrogens (tertiary/aromatic N) is 2. The largest absolute Gasteiger partial charge is 0.496 e. The molecular weight excluding hydrogens is 408 g/mol. The van der Waals surface area contributed by atoms with Crippen LogP contribution in [0.25, 0.3) is 9.88 Å². The predicted molar refractivity (Wildman–Crippen MR) is 116 cm³/mol. The first-order chi connectivity index (χ1) is 13.7. The molecule has 0 aliphatic rings. The second kappa shape index (κ2) is 8.68. The van der Waals surface area contributed by atoms with Gasteiger partial charge in [0.05, 0.1) is 25.1 Å². The Labute approximate surface area is 175 Å². The molecule has 0 radical (unpaired) electrons. The lowest BCUT2D eigenvalue weighted by molar-refractivity contribution is 0.0725. The third kappa shape index (κ3) is 4.16. The zero-order valence-corrected chi connectivity index (χ0v) is 17.7. The molecule has 0 spiro atoms. The van der Waals surface area contributed by atoms with Crippen molar-refractivity contribution in [3.8, 4) is 15.6 Å². The van der Waals surface area contributed by atoms with Crippen LogP contribution < -0.4 is 4.74 Å². The highest BCUT2D eigenvalue weighted by Gasteiger charge is 2.21. The van der Waals surface area contributed by atoms with Crippen LogP contribution in [0.2, 0.25) is 0 Å². The van der Waals surface area contributed by atoms with Crippen LogP contribution in [0.5, 0.6) is 5.75 Å². The van der Waals surface area contributed by atoms with Crippen molar-refractivity contribution in [1.29, 1.82) is 0 Å². The van der Waals surface area contributed by atoms with E-state index < -0.39 is 0 Å². The number of carbonyl (C=O) groups excluding carboxylic acids is 1. The van der Waals surface area contributed by atoms with Crippen LogP contribution >= 0.6 is 34.0 Å². The van der Waals surface area contributed by atoms with Gasteiger partial charge in [-0.05, 0) is 29.0 Å². The molecule has 3 aromatic heterocycles. The van der Waals surface area contributed by atoms with E-state index in [4.69, 9.17) is 4.74 Å².